The van der Waals surface area contributed by atoms with Gasteiger partial charge in [-0.1, -0.05) is 23.8 Å². The second-order valence-corrected chi connectivity index (χ2v) is 7.10. The minimum Gasteiger partial charge on any atom is -0.507 e. The topological polar surface area (TPSA) is 72.8 Å². The summed E-state index contributed by atoms with van der Waals surface area (Å²) in [5, 5.41) is 9.88. The highest BCUT2D eigenvalue weighted by atomic mass is 31.2. The number of hydrogen-bond acceptors (Lipinski definition) is 5. The van der Waals surface area contributed by atoms with Crippen LogP contribution in [-0.2, 0) is 13.6 Å². The predicted octanol–water partition coefficient (Wildman–Crippen LogP) is 4.18. The first kappa shape index (κ1) is 18.6. The molecular weight excluding hydrogens is 303 g/mol. The molecule has 0 heterocycles. The summed E-state index contributed by atoms with van der Waals surface area (Å²) in [7, 11) is -3.66. The van der Waals surface area contributed by atoms with Crippen LogP contribution in [-0.4, -0.2) is 29.8 Å². The van der Waals surface area contributed by atoms with Gasteiger partial charge in [-0.2, -0.15) is 0 Å². The summed E-state index contributed by atoms with van der Waals surface area (Å²) in [6.07, 6.45) is 1.57. The van der Waals surface area contributed by atoms with Gasteiger partial charge in [0.25, 0.3) is 0 Å². The van der Waals surface area contributed by atoms with E-state index in [0.717, 1.165) is 5.57 Å². The Bertz CT molecular complexity index is 580. The lowest BCUT2D eigenvalue weighted by Gasteiger charge is -2.24. The van der Waals surface area contributed by atoms with E-state index in [2.05, 4.69) is 0 Å². The third-order valence-electron chi connectivity index (χ3n) is 2.89. The lowest BCUT2D eigenvalue weighted by Crippen LogP contribution is -2.22. The largest absolute Gasteiger partial charge is 0.507 e. The summed E-state index contributed by atoms with van der Waals surface area (Å²) >= 11 is 0. The lowest BCUT2D eigenvalue weighted by molar-refractivity contribution is 0.0980. The Balaban J connectivity index is 3.34. The first-order chi connectivity index (χ1) is 10.4. The van der Waals surface area contributed by atoms with Gasteiger partial charge >= 0.3 is 7.60 Å². The second-order valence-electron chi connectivity index (χ2n) is 4.95. The molecule has 6 heteroatoms. The highest BCUT2D eigenvalue weighted by Crippen LogP contribution is 2.55. The molecule has 0 bridgehead atoms. The molecule has 22 heavy (non-hydrogen) atoms. The smallest absolute Gasteiger partial charge is 0.345 e. The number of allylic oxidation sites excluding steroid dienone is 2. The van der Waals surface area contributed by atoms with E-state index in [-0.39, 0.29) is 24.5 Å². The number of rotatable bonds is 8. The van der Waals surface area contributed by atoms with Gasteiger partial charge in [-0.25, -0.2) is 0 Å². The van der Waals surface area contributed by atoms with Gasteiger partial charge in [-0.05, 0) is 39.8 Å². The SMILES string of the molecule is CCOP(=O)(OCC)C(C=C(C)C)C(=O)c1ccccc1O. The van der Waals surface area contributed by atoms with Gasteiger partial charge in [-0.3, -0.25) is 9.36 Å². The second kappa shape index (κ2) is 8.28. The predicted molar refractivity (Wildman–Crippen MR) is 86.5 cm³/mol. The molecule has 1 N–H and O–H groups in total. The molecule has 0 spiro atoms. The summed E-state index contributed by atoms with van der Waals surface area (Å²) in [6.45, 7) is 7.31. The molecule has 0 fully saturated rings. The van der Waals surface area contributed by atoms with E-state index in [0.29, 0.717) is 0 Å². The van der Waals surface area contributed by atoms with Gasteiger partial charge in [0.15, 0.2) is 5.78 Å². The number of carbonyl (C=O) groups is 1. The van der Waals surface area contributed by atoms with E-state index in [1.807, 2.05) is 0 Å². The maximum atomic E-state index is 13.0. The first-order valence-electron chi connectivity index (χ1n) is 7.21. The van der Waals surface area contributed by atoms with Gasteiger partial charge in [0.1, 0.15) is 11.4 Å². The molecule has 1 unspecified atom stereocenters. The van der Waals surface area contributed by atoms with Crippen LogP contribution in [0.3, 0.4) is 0 Å². The van der Waals surface area contributed by atoms with E-state index in [9.17, 15) is 14.5 Å². The van der Waals surface area contributed by atoms with Crippen molar-refractivity contribution in [1.29, 1.82) is 0 Å². The number of ketones is 1. The maximum absolute atomic E-state index is 13.0. The van der Waals surface area contributed by atoms with Crippen molar-refractivity contribution in [3.05, 3.63) is 41.5 Å². The third-order valence-corrected chi connectivity index (χ3v) is 5.19. The molecule has 0 saturated carbocycles. The fourth-order valence-electron chi connectivity index (χ4n) is 2.03. The number of aromatic hydroxyl groups is 1. The number of phenolic OH excluding ortho intramolecular Hbond substituents is 1. The zero-order chi connectivity index (χ0) is 16.8. The van der Waals surface area contributed by atoms with Crippen LogP contribution < -0.4 is 0 Å². The Morgan fingerprint density at radius 1 is 1.23 bits per heavy atom. The number of benzene rings is 1. The van der Waals surface area contributed by atoms with Crippen LogP contribution in [0.15, 0.2) is 35.9 Å². The van der Waals surface area contributed by atoms with Gasteiger partial charge in [0, 0.05) is 0 Å². The Kier molecular flexibility index (Phi) is 7.01. The summed E-state index contributed by atoms with van der Waals surface area (Å²) < 4.78 is 23.6. The fraction of sp³-hybridized carbons (Fsp3) is 0.438. The van der Waals surface area contributed by atoms with Crippen LogP contribution in [0.2, 0.25) is 0 Å². The summed E-state index contributed by atoms with van der Waals surface area (Å²) in [5.41, 5.74) is -0.163. The molecule has 0 aliphatic rings. The van der Waals surface area contributed by atoms with Crippen LogP contribution in [0, 0.1) is 0 Å². The standard InChI is InChI=1S/C16H23O5P/c1-5-20-22(19,21-6-2)15(11-12(3)4)16(18)13-9-7-8-10-14(13)17/h7-11,15,17H,5-6H2,1-4H3. The number of hydrogen-bond donors (Lipinski definition) is 1. The lowest BCUT2D eigenvalue weighted by atomic mass is 10.1. The van der Waals surface area contributed by atoms with Crippen LogP contribution in [0.25, 0.3) is 0 Å². The van der Waals surface area contributed by atoms with Crippen LogP contribution >= 0.6 is 7.60 Å². The van der Waals surface area contributed by atoms with Crippen LogP contribution in [0.4, 0.5) is 0 Å². The maximum Gasteiger partial charge on any atom is 0.345 e. The van der Waals surface area contributed by atoms with Crippen molar-refractivity contribution in [3.8, 4) is 5.75 Å². The number of carbonyl (C=O) groups excluding carboxylic acids is 1. The van der Waals surface area contributed by atoms with Gasteiger partial charge in [0.05, 0.1) is 18.8 Å². The molecule has 0 aliphatic heterocycles. The van der Waals surface area contributed by atoms with E-state index >= 15 is 0 Å². The minimum atomic E-state index is -3.66. The van der Waals surface area contributed by atoms with E-state index in [1.54, 1.807) is 45.9 Å². The molecule has 1 atom stereocenters. The Labute approximate surface area is 131 Å². The fourth-order valence-corrected chi connectivity index (χ4v) is 4.05. The average molecular weight is 326 g/mol. The summed E-state index contributed by atoms with van der Waals surface area (Å²) in [5.74, 6) is -0.635. The quantitative estimate of drug-likeness (QED) is 0.441. The Morgan fingerprint density at radius 3 is 2.23 bits per heavy atom. The van der Waals surface area contributed by atoms with Gasteiger partial charge < -0.3 is 14.2 Å². The highest BCUT2D eigenvalue weighted by molar-refractivity contribution is 7.56. The zero-order valence-corrected chi connectivity index (χ0v) is 14.3. The Hall–Kier alpha value is -1.42. The van der Waals surface area contributed by atoms with Crippen molar-refractivity contribution in [2.24, 2.45) is 0 Å². The molecule has 0 aliphatic carbocycles. The number of Topliss-reactive ketones (excluding diaryl/α,β-unsaturated/α-hetero) is 1. The summed E-state index contributed by atoms with van der Waals surface area (Å²) in [6, 6.07) is 6.16. The van der Waals surface area contributed by atoms with Gasteiger partial charge in [0.2, 0.25) is 0 Å². The average Bonchev–Trinajstić information content (AvgIpc) is 2.45. The van der Waals surface area contributed by atoms with Crippen molar-refractivity contribution < 1.29 is 23.5 Å². The zero-order valence-electron chi connectivity index (χ0n) is 13.4. The number of para-hydroxylation sites is 1. The van der Waals surface area contributed by atoms with Crippen molar-refractivity contribution in [2.75, 3.05) is 13.2 Å². The molecule has 1 aromatic carbocycles. The van der Waals surface area contributed by atoms with E-state index < -0.39 is 19.0 Å². The molecule has 0 aromatic heterocycles. The molecule has 122 valence electrons. The van der Waals surface area contributed by atoms with E-state index in [1.165, 1.54) is 12.1 Å². The Morgan fingerprint density at radius 2 is 1.77 bits per heavy atom. The van der Waals surface area contributed by atoms with Gasteiger partial charge in [-0.15, -0.1) is 0 Å². The molecule has 1 rings (SSSR count). The monoisotopic (exact) mass is 326 g/mol. The van der Waals surface area contributed by atoms with Crippen LogP contribution in [0.1, 0.15) is 38.1 Å². The molecule has 0 radical (unpaired) electrons. The summed E-state index contributed by atoms with van der Waals surface area (Å²) in [4.78, 5) is 12.8. The van der Waals surface area contributed by atoms with Crippen molar-refractivity contribution in [3.63, 3.8) is 0 Å². The minimum absolute atomic E-state index is 0.102. The molecule has 0 saturated heterocycles. The van der Waals surface area contributed by atoms with Crippen LogP contribution in [0.5, 0.6) is 5.75 Å². The van der Waals surface area contributed by atoms with Crippen molar-refractivity contribution in [1.82, 2.24) is 0 Å². The van der Waals surface area contributed by atoms with Crippen molar-refractivity contribution in [2.45, 2.75) is 33.4 Å². The first-order valence-corrected chi connectivity index (χ1v) is 8.83. The molecule has 0 amide bonds. The normalized spacial score (nSPS) is 12.7. The van der Waals surface area contributed by atoms with Crippen molar-refractivity contribution >= 4 is 13.4 Å². The molecule has 1 aromatic rings. The third kappa shape index (κ3) is 4.54. The molecular formula is C16H23O5P. The number of phenols is 1. The van der Waals surface area contributed by atoms with E-state index in [4.69, 9.17) is 9.05 Å². The highest BCUT2D eigenvalue weighted by Gasteiger charge is 2.40. The molecule has 5 nitrogen and oxygen atoms in total.